The minimum atomic E-state index is 0.482. The van der Waals surface area contributed by atoms with Gasteiger partial charge in [0.05, 0.1) is 22.8 Å². The molecule has 0 aliphatic heterocycles. The van der Waals surface area contributed by atoms with Crippen LogP contribution in [0.4, 0.5) is 0 Å². The Bertz CT molecular complexity index is 2020. The van der Waals surface area contributed by atoms with Crippen molar-refractivity contribution >= 4 is 0 Å². The molecule has 9 nitrogen and oxygen atoms in total. The number of nitrogens with zero attached hydrogens (tertiary/aromatic N) is 9. The van der Waals surface area contributed by atoms with Crippen molar-refractivity contribution < 1.29 is 0 Å². The molecular weight excluding hydrogens is 594 g/mol. The van der Waals surface area contributed by atoms with Crippen LogP contribution in [0.25, 0.3) is 79.6 Å². The number of rotatable bonds is 7. The van der Waals surface area contributed by atoms with Gasteiger partial charge in [-0.05, 0) is 54.1 Å². The largest absolute Gasteiger partial charge is 0.255 e. The van der Waals surface area contributed by atoms with Crippen LogP contribution >= 0.6 is 0 Å². The van der Waals surface area contributed by atoms with Crippen LogP contribution in [-0.2, 0) is 0 Å². The van der Waals surface area contributed by atoms with Crippen LogP contribution < -0.4 is 0 Å². The zero-order chi connectivity index (χ0) is 32.1. The van der Waals surface area contributed by atoms with Gasteiger partial charge in [0, 0.05) is 53.2 Å². The Kier molecular flexibility index (Phi) is 7.66. The lowest BCUT2D eigenvalue weighted by molar-refractivity contribution is 1.06. The normalized spacial score (nSPS) is 10.9. The van der Waals surface area contributed by atoms with Crippen molar-refractivity contribution in [2.45, 2.75) is 0 Å². The van der Waals surface area contributed by atoms with Crippen LogP contribution in [0.2, 0.25) is 0 Å². The molecule has 0 fully saturated rings. The van der Waals surface area contributed by atoms with Crippen LogP contribution in [0.15, 0.2) is 152 Å². The molecule has 0 radical (unpaired) electrons. The Morgan fingerprint density at radius 2 is 0.792 bits per heavy atom. The summed E-state index contributed by atoms with van der Waals surface area (Å²) in [5, 5.41) is 0. The smallest absolute Gasteiger partial charge is 0.182 e. The summed E-state index contributed by atoms with van der Waals surface area (Å²) in [6.45, 7) is 0. The molecule has 8 rings (SSSR count). The van der Waals surface area contributed by atoms with E-state index in [1.54, 1.807) is 31.0 Å². The highest BCUT2D eigenvalue weighted by molar-refractivity contribution is 5.74. The molecule has 0 amide bonds. The van der Waals surface area contributed by atoms with E-state index in [4.69, 9.17) is 34.9 Å². The molecule has 0 atom stereocenters. The van der Waals surface area contributed by atoms with E-state index < -0.39 is 0 Å². The Morgan fingerprint density at radius 3 is 1.29 bits per heavy atom. The lowest BCUT2D eigenvalue weighted by Crippen LogP contribution is -2.01. The molecule has 0 aliphatic rings. The summed E-state index contributed by atoms with van der Waals surface area (Å²) >= 11 is 0. The highest BCUT2D eigenvalue weighted by Crippen LogP contribution is 2.29. The number of hydrogen-bond donors (Lipinski definition) is 0. The van der Waals surface area contributed by atoms with E-state index in [0.29, 0.717) is 29.0 Å². The van der Waals surface area contributed by atoms with E-state index >= 15 is 0 Å². The first kappa shape index (κ1) is 28.6. The topological polar surface area (TPSA) is 116 Å². The summed E-state index contributed by atoms with van der Waals surface area (Å²) in [5.41, 5.74) is 7.95. The summed E-state index contributed by atoms with van der Waals surface area (Å²) in [6, 6.07) is 39.0. The van der Waals surface area contributed by atoms with Crippen molar-refractivity contribution in [2.24, 2.45) is 0 Å². The Morgan fingerprint density at radius 1 is 0.271 bits per heavy atom. The highest BCUT2D eigenvalue weighted by atomic mass is 15.0. The molecule has 6 aromatic heterocycles. The Labute approximate surface area is 276 Å². The van der Waals surface area contributed by atoms with Crippen molar-refractivity contribution in [2.75, 3.05) is 0 Å². The maximum Gasteiger partial charge on any atom is 0.182 e. The summed E-state index contributed by atoms with van der Waals surface area (Å²) in [6.07, 6.45) is 8.86. The van der Waals surface area contributed by atoms with Gasteiger partial charge in [0.15, 0.2) is 23.3 Å². The van der Waals surface area contributed by atoms with Crippen LogP contribution in [0, 0.1) is 0 Å². The fraction of sp³-hybridized carbons (Fsp3) is 0. The average Bonchev–Trinajstić information content (AvgIpc) is 3.19. The lowest BCUT2D eigenvalue weighted by Gasteiger charge is -2.10. The van der Waals surface area contributed by atoms with Gasteiger partial charge in [-0.25, -0.2) is 29.9 Å². The molecule has 226 valence electrons. The first-order valence-corrected chi connectivity index (χ1v) is 15.3. The highest BCUT2D eigenvalue weighted by Gasteiger charge is 2.15. The fourth-order valence-corrected chi connectivity index (χ4v) is 5.20. The summed E-state index contributed by atoms with van der Waals surface area (Å²) in [5.74, 6) is 2.19. The van der Waals surface area contributed by atoms with Crippen molar-refractivity contribution in [1.82, 2.24) is 44.9 Å². The maximum atomic E-state index is 4.85. The first-order valence-electron chi connectivity index (χ1n) is 15.3. The first-order chi connectivity index (χ1) is 23.8. The third-order valence-electron chi connectivity index (χ3n) is 7.62. The predicted molar refractivity (Wildman–Crippen MR) is 185 cm³/mol. The van der Waals surface area contributed by atoms with E-state index in [1.807, 2.05) is 121 Å². The standard InChI is InChI=1S/C39H25N9/c1-3-11-26(12-4-1)37-46-38(27-13-5-2-6-14-27)48-39(47-37)33-18-17-28(23-42-33)36-43-24-30(25-44-36)29-21-34(31-15-7-9-19-40-31)45-35(22-29)32-16-8-10-20-41-32/h1-25H. The van der Waals surface area contributed by atoms with Crippen LogP contribution in [0.5, 0.6) is 0 Å². The quantitative estimate of drug-likeness (QED) is 0.175. The van der Waals surface area contributed by atoms with Gasteiger partial charge in [0.2, 0.25) is 0 Å². The van der Waals surface area contributed by atoms with Gasteiger partial charge in [0.1, 0.15) is 5.69 Å². The molecule has 0 saturated heterocycles. The second kappa shape index (κ2) is 12.9. The van der Waals surface area contributed by atoms with Crippen molar-refractivity contribution in [3.05, 3.63) is 152 Å². The minimum Gasteiger partial charge on any atom is -0.255 e. The molecule has 48 heavy (non-hydrogen) atoms. The van der Waals surface area contributed by atoms with E-state index in [2.05, 4.69) is 9.97 Å². The summed E-state index contributed by atoms with van der Waals surface area (Å²) in [4.78, 5) is 42.3. The second-order valence-corrected chi connectivity index (χ2v) is 10.8. The van der Waals surface area contributed by atoms with Crippen molar-refractivity contribution in [3.63, 3.8) is 0 Å². The molecule has 0 N–H and O–H groups in total. The summed E-state index contributed by atoms with van der Waals surface area (Å²) in [7, 11) is 0. The molecular formula is C39H25N9. The van der Waals surface area contributed by atoms with Gasteiger partial charge in [-0.3, -0.25) is 15.0 Å². The molecule has 6 heterocycles. The van der Waals surface area contributed by atoms with E-state index in [1.165, 1.54) is 0 Å². The zero-order valence-electron chi connectivity index (χ0n) is 25.5. The number of aromatic nitrogens is 9. The molecule has 2 aromatic carbocycles. The summed E-state index contributed by atoms with van der Waals surface area (Å²) < 4.78 is 0. The van der Waals surface area contributed by atoms with Gasteiger partial charge in [-0.15, -0.1) is 0 Å². The Balaban J connectivity index is 1.11. The second-order valence-electron chi connectivity index (χ2n) is 10.8. The van der Waals surface area contributed by atoms with Crippen LogP contribution in [-0.4, -0.2) is 44.9 Å². The average molecular weight is 620 g/mol. The Hall–Kier alpha value is -6.87. The molecule has 0 aliphatic carbocycles. The predicted octanol–water partition coefficient (Wildman–Crippen LogP) is 7.91. The van der Waals surface area contributed by atoms with Crippen molar-refractivity contribution in [3.8, 4) is 79.6 Å². The van der Waals surface area contributed by atoms with Gasteiger partial charge >= 0.3 is 0 Å². The van der Waals surface area contributed by atoms with Crippen LogP contribution in [0.3, 0.4) is 0 Å². The van der Waals surface area contributed by atoms with Gasteiger partial charge in [-0.2, -0.15) is 0 Å². The van der Waals surface area contributed by atoms with E-state index in [-0.39, 0.29) is 0 Å². The monoisotopic (exact) mass is 619 g/mol. The maximum absolute atomic E-state index is 4.85. The molecule has 0 saturated carbocycles. The van der Waals surface area contributed by atoms with Gasteiger partial charge in [0.25, 0.3) is 0 Å². The molecule has 0 spiro atoms. The third kappa shape index (κ3) is 6.03. The van der Waals surface area contributed by atoms with Crippen molar-refractivity contribution in [1.29, 1.82) is 0 Å². The lowest BCUT2D eigenvalue weighted by atomic mass is 10.0. The zero-order valence-corrected chi connectivity index (χ0v) is 25.5. The molecule has 9 heteroatoms. The van der Waals surface area contributed by atoms with E-state index in [9.17, 15) is 0 Å². The minimum absolute atomic E-state index is 0.482. The number of pyridine rings is 4. The number of hydrogen-bond acceptors (Lipinski definition) is 9. The molecule has 8 aromatic rings. The number of benzene rings is 2. The van der Waals surface area contributed by atoms with Gasteiger partial charge in [-0.1, -0.05) is 72.8 Å². The third-order valence-corrected chi connectivity index (χ3v) is 7.62. The fourth-order valence-electron chi connectivity index (χ4n) is 5.20. The molecule has 0 bridgehead atoms. The molecule has 0 unspecified atom stereocenters. The van der Waals surface area contributed by atoms with Gasteiger partial charge < -0.3 is 0 Å². The van der Waals surface area contributed by atoms with E-state index in [0.717, 1.165) is 50.6 Å². The SMILES string of the molecule is c1ccc(-c2nc(-c3ccccc3)nc(-c3ccc(-c4ncc(-c5cc(-c6ccccn6)nc(-c6ccccn6)c5)cn4)cn3)n2)cc1. The van der Waals surface area contributed by atoms with Crippen LogP contribution in [0.1, 0.15) is 0 Å².